The van der Waals surface area contributed by atoms with Crippen molar-refractivity contribution in [2.75, 3.05) is 11.4 Å². The number of halogens is 1. The van der Waals surface area contributed by atoms with Crippen molar-refractivity contribution in [1.29, 1.82) is 0 Å². The van der Waals surface area contributed by atoms with E-state index in [1.165, 1.54) is 0 Å². The smallest absolute Gasteiger partial charge is 0.236 e. The Morgan fingerprint density at radius 1 is 1.50 bits per heavy atom. The third-order valence-corrected chi connectivity index (χ3v) is 3.18. The number of amides is 2. The first-order valence-corrected chi connectivity index (χ1v) is 6.50. The predicted octanol–water partition coefficient (Wildman–Crippen LogP) is 1.20. The number of nitrogens with one attached hydrogen (secondary N) is 1. The van der Waals surface area contributed by atoms with Crippen LogP contribution in [-0.2, 0) is 16.1 Å². The average molecular weight is 298 g/mol. The van der Waals surface area contributed by atoms with Crippen molar-refractivity contribution in [2.24, 2.45) is 5.73 Å². The van der Waals surface area contributed by atoms with Crippen LogP contribution in [0.15, 0.2) is 24.3 Å². The number of anilines is 1. The molecule has 20 heavy (non-hydrogen) atoms. The minimum absolute atomic E-state index is 0. The number of benzene rings is 1. The van der Waals surface area contributed by atoms with Crippen molar-refractivity contribution in [3.05, 3.63) is 29.8 Å². The lowest BCUT2D eigenvalue weighted by atomic mass is 10.2. The second-order valence-corrected chi connectivity index (χ2v) is 4.83. The normalized spacial score (nSPS) is 15.7. The number of hydrogen-bond acceptors (Lipinski definition) is 3. The summed E-state index contributed by atoms with van der Waals surface area (Å²) in [6.07, 6.45) is 1.52. The van der Waals surface area contributed by atoms with Crippen LogP contribution in [0, 0.1) is 0 Å². The third-order valence-electron chi connectivity index (χ3n) is 3.18. The Bertz CT molecular complexity index is 491. The quantitative estimate of drug-likeness (QED) is 0.877. The summed E-state index contributed by atoms with van der Waals surface area (Å²) in [5.74, 6) is -0.0144. The van der Waals surface area contributed by atoms with Crippen LogP contribution in [0.3, 0.4) is 0 Å². The Morgan fingerprint density at radius 3 is 2.85 bits per heavy atom. The summed E-state index contributed by atoms with van der Waals surface area (Å²) in [5.41, 5.74) is 7.35. The van der Waals surface area contributed by atoms with E-state index in [2.05, 4.69) is 5.32 Å². The van der Waals surface area contributed by atoms with Crippen LogP contribution >= 0.6 is 12.4 Å². The Morgan fingerprint density at radius 2 is 2.25 bits per heavy atom. The molecule has 2 rings (SSSR count). The Balaban J connectivity index is 0.00000200. The molecule has 0 aromatic heterocycles. The first kappa shape index (κ1) is 16.5. The molecule has 0 unspecified atom stereocenters. The zero-order chi connectivity index (χ0) is 13.8. The number of carbonyl (C=O) groups excluding carboxylic acids is 2. The second-order valence-electron chi connectivity index (χ2n) is 4.83. The van der Waals surface area contributed by atoms with Crippen molar-refractivity contribution < 1.29 is 9.59 Å². The molecule has 1 heterocycles. The van der Waals surface area contributed by atoms with Crippen molar-refractivity contribution in [3.8, 4) is 0 Å². The maximum absolute atomic E-state index is 11.7. The molecule has 1 aromatic rings. The molecular weight excluding hydrogens is 278 g/mol. The fraction of sp³-hybridized carbons (Fsp3) is 0.429. The van der Waals surface area contributed by atoms with Gasteiger partial charge in [0, 0.05) is 25.2 Å². The van der Waals surface area contributed by atoms with Gasteiger partial charge in [0.2, 0.25) is 11.8 Å². The van der Waals surface area contributed by atoms with Crippen LogP contribution in [0.2, 0.25) is 0 Å². The first-order valence-electron chi connectivity index (χ1n) is 6.50. The number of hydrogen-bond donors (Lipinski definition) is 2. The molecular formula is C14H20ClN3O2. The molecule has 5 nitrogen and oxygen atoms in total. The maximum Gasteiger partial charge on any atom is 0.236 e. The maximum atomic E-state index is 11.7. The largest absolute Gasteiger partial charge is 0.351 e. The molecule has 0 saturated carbocycles. The van der Waals surface area contributed by atoms with E-state index < -0.39 is 6.04 Å². The van der Waals surface area contributed by atoms with Crippen molar-refractivity contribution in [3.63, 3.8) is 0 Å². The molecule has 0 radical (unpaired) electrons. The highest BCUT2D eigenvalue weighted by atomic mass is 35.5. The van der Waals surface area contributed by atoms with Crippen LogP contribution in [-0.4, -0.2) is 24.4 Å². The molecule has 1 aromatic carbocycles. The predicted molar refractivity (Wildman–Crippen MR) is 80.8 cm³/mol. The molecule has 0 spiro atoms. The van der Waals surface area contributed by atoms with E-state index in [1.54, 1.807) is 11.8 Å². The molecule has 1 atom stereocenters. The molecule has 0 aliphatic carbocycles. The fourth-order valence-corrected chi connectivity index (χ4v) is 2.11. The van der Waals surface area contributed by atoms with Crippen molar-refractivity contribution in [2.45, 2.75) is 32.4 Å². The lowest BCUT2D eigenvalue weighted by Crippen LogP contribution is -2.37. The summed E-state index contributed by atoms with van der Waals surface area (Å²) in [7, 11) is 0. The highest BCUT2D eigenvalue weighted by molar-refractivity contribution is 5.95. The summed E-state index contributed by atoms with van der Waals surface area (Å²) in [5, 5.41) is 2.76. The standard InChI is InChI=1S/C14H19N3O2.ClH/c1-10(15)14(19)16-9-11-4-2-5-12(8-11)17-7-3-6-13(17)18;/h2,4-5,8,10H,3,6-7,9,15H2,1H3,(H,16,19);1H/t10-;/m1./s1. The summed E-state index contributed by atoms with van der Waals surface area (Å²) in [6.45, 7) is 2.85. The van der Waals surface area contributed by atoms with Gasteiger partial charge >= 0.3 is 0 Å². The van der Waals surface area contributed by atoms with Gasteiger partial charge in [-0.05, 0) is 31.0 Å². The van der Waals surface area contributed by atoms with Crippen molar-refractivity contribution >= 4 is 29.9 Å². The van der Waals surface area contributed by atoms with E-state index in [-0.39, 0.29) is 24.2 Å². The zero-order valence-electron chi connectivity index (χ0n) is 11.5. The lowest BCUT2D eigenvalue weighted by Gasteiger charge is -2.17. The number of nitrogens with two attached hydrogens (primary N) is 1. The summed E-state index contributed by atoms with van der Waals surface area (Å²) in [4.78, 5) is 24.9. The minimum atomic E-state index is -0.511. The highest BCUT2D eigenvalue weighted by Gasteiger charge is 2.21. The van der Waals surface area contributed by atoms with E-state index >= 15 is 0 Å². The Kier molecular flexibility index (Phi) is 5.98. The summed E-state index contributed by atoms with van der Waals surface area (Å²) >= 11 is 0. The van der Waals surface area contributed by atoms with E-state index in [4.69, 9.17) is 5.73 Å². The average Bonchev–Trinajstić information content (AvgIpc) is 2.82. The molecule has 0 bridgehead atoms. The van der Waals surface area contributed by atoms with Crippen molar-refractivity contribution in [1.82, 2.24) is 5.32 Å². The molecule has 2 amide bonds. The van der Waals surface area contributed by atoms with Crippen LogP contribution in [0.25, 0.3) is 0 Å². The van der Waals surface area contributed by atoms with E-state index in [0.717, 1.165) is 24.2 Å². The van der Waals surface area contributed by atoms with Crippen LogP contribution in [0.5, 0.6) is 0 Å². The number of nitrogens with zero attached hydrogens (tertiary/aromatic N) is 1. The second kappa shape index (κ2) is 7.26. The van der Waals surface area contributed by atoms with Gasteiger partial charge in [-0.2, -0.15) is 0 Å². The fourth-order valence-electron chi connectivity index (χ4n) is 2.11. The van der Waals surface area contributed by atoms with Gasteiger partial charge in [-0.3, -0.25) is 9.59 Å². The summed E-state index contributed by atoms with van der Waals surface area (Å²) < 4.78 is 0. The monoisotopic (exact) mass is 297 g/mol. The molecule has 1 aliphatic rings. The topological polar surface area (TPSA) is 75.4 Å². The van der Waals surface area contributed by atoms with Crippen LogP contribution in [0.1, 0.15) is 25.3 Å². The van der Waals surface area contributed by atoms with Gasteiger partial charge in [0.05, 0.1) is 6.04 Å². The van der Waals surface area contributed by atoms with Gasteiger partial charge in [-0.15, -0.1) is 12.4 Å². The highest BCUT2D eigenvalue weighted by Crippen LogP contribution is 2.22. The molecule has 6 heteroatoms. The van der Waals surface area contributed by atoms with E-state index in [0.29, 0.717) is 13.0 Å². The van der Waals surface area contributed by atoms with Gasteiger partial charge in [-0.25, -0.2) is 0 Å². The Hall–Kier alpha value is -1.59. The van der Waals surface area contributed by atoms with Gasteiger partial charge in [0.25, 0.3) is 0 Å². The SMILES string of the molecule is C[C@@H](N)C(=O)NCc1cccc(N2CCCC2=O)c1.Cl. The minimum Gasteiger partial charge on any atom is -0.351 e. The van der Waals surface area contributed by atoms with Gasteiger partial charge < -0.3 is 16.0 Å². The first-order chi connectivity index (χ1) is 9.08. The zero-order valence-corrected chi connectivity index (χ0v) is 12.3. The lowest BCUT2D eigenvalue weighted by molar-refractivity contribution is -0.122. The third kappa shape index (κ3) is 3.95. The van der Waals surface area contributed by atoms with Gasteiger partial charge in [-0.1, -0.05) is 12.1 Å². The molecule has 1 aliphatic heterocycles. The molecule has 3 N–H and O–H groups in total. The molecule has 1 fully saturated rings. The summed E-state index contributed by atoms with van der Waals surface area (Å²) in [6, 6.07) is 7.16. The number of rotatable bonds is 4. The Labute approximate surface area is 124 Å². The van der Waals surface area contributed by atoms with E-state index in [9.17, 15) is 9.59 Å². The number of carbonyl (C=O) groups is 2. The van der Waals surface area contributed by atoms with Gasteiger partial charge in [0.15, 0.2) is 0 Å². The molecule has 1 saturated heterocycles. The van der Waals surface area contributed by atoms with E-state index in [1.807, 2.05) is 24.3 Å². The molecule has 110 valence electrons. The van der Waals surface area contributed by atoms with Crippen LogP contribution in [0.4, 0.5) is 5.69 Å². The van der Waals surface area contributed by atoms with Gasteiger partial charge in [0.1, 0.15) is 0 Å². The van der Waals surface area contributed by atoms with Crippen LogP contribution < -0.4 is 16.0 Å².